The van der Waals surface area contributed by atoms with Crippen molar-refractivity contribution >= 4 is 33.6 Å². The Morgan fingerprint density at radius 2 is 1.94 bits per heavy atom. The second-order valence-electron chi connectivity index (χ2n) is 14.0. The van der Waals surface area contributed by atoms with Gasteiger partial charge in [0, 0.05) is 56.1 Å². The minimum Gasteiger partial charge on any atom is -0.461 e. The van der Waals surface area contributed by atoms with Crippen LogP contribution in [0.15, 0.2) is 48.5 Å². The number of carbonyl (C=O) groups is 1. The Labute approximate surface area is 280 Å². The van der Waals surface area contributed by atoms with Gasteiger partial charge in [-0.3, -0.25) is 4.90 Å². The van der Waals surface area contributed by atoms with E-state index in [9.17, 15) is 9.18 Å². The van der Waals surface area contributed by atoms with Crippen LogP contribution in [0.4, 0.5) is 15.0 Å². The molecular formula is C38H41FN6O3. The molecule has 4 aliphatic rings. The number of rotatable bonds is 7. The Hall–Kier alpha value is -4.46. The number of carbonyl (C=O) groups excluding carboxylic acids is 1. The normalized spacial score (nSPS) is 25.0. The number of nitrogens with one attached hydrogen (secondary N) is 1. The van der Waals surface area contributed by atoms with Gasteiger partial charge in [-0.25, -0.2) is 9.18 Å². The highest BCUT2D eigenvalue weighted by molar-refractivity contribution is 6.03. The molecular weight excluding hydrogens is 607 g/mol. The Morgan fingerprint density at radius 1 is 1.10 bits per heavy atom. The van der Waals surface area contributed by atoms with Crippen molar-refractivity contribution in [3.63, 3.8) is 0 Å². The largest absolute Gasteiger partial charge is 0.461 e. The Morgan fingerprint density at radius 3 is 2.73 bits per heavy atom. The fraction of sp³-hybridized carbons (Fsp3) is 0.447. The molecule has 4 fully saturated rings. The number of halogens is 1. The number of terminal acetylenes is 1. The van der Waals surface area contributed by atoms with Crippen LogP contribution in [0.1, 0.15) is 44.1 Å². The van der Waals surface area contributed by atoms with E-state index < -0.39 is 5.82 Å². The molecule has 4 saturated heterocycles. The lowest BCUT2D eigenvalue weighted by molar-refractivity contribution is 0.0484. The second-order valence-corrected chi connectivity index (χ2v) is 14.0. The highest BCUT2D eigenvalue weighted by Gasteiger charge is 2.50. The molecule has 10 heteroatoms. The number of ether oxygens (including phenoxy) is 2. The summed E-state index contributed by atoms with van der Waals surface area (Å²) in [5.41, 5.74) is 2.66. The maximum Gasteiger partial charge on any atom is 0.409 e. The molecule has 1 N–H and O–H groups in total. The molecule has 0 spiro atoms. The average Bonchev–Trinajstić information content (AvgIpc) is 3.77. The summed E-state index contributed by atoms with van der Waals surface area (Å²) in [5.74, 6) is 3.06. The first-order chi connectivity index (χ1) is 23.3. The van der Waals surface area contributed by atoms with Gasteiger partial charge in [0.25, 0.3) is 0 Å². The summed E-state index contributed by atoms with van der Waals surface area (Å²) in [4.78, 5) is 28.5. The summed E-state index contributed by atoms with van der Waals surface area (Å²) in [5, 5.41) is 6.29. The van der Waals surface area contributed by atoms with Crippen molar-refractivity contribution in [1.82, 2.24) is 25.1 Å². The van der Waals surface area contributed by atoms with Crippen LogP contribution in [0.2, 0.25) is 0 Å². The summed E-state index contributed by atoms with van der Waals surface area (Å²) in [7, 11) is 3.40. The first-order valence-electron chi connectivity index (χ1n) is 17.1. The molecule has 248 valence electrons. The number of fused-ring (bicyclic) bond motifs is 5. The predicted octanol–water partition coefficient (Wildman–Crippen LogP) is 5.59. The van der Waals surface area contributed by atoms with Gasteiger partial charge in [0.05, 0.1) is 16.6 Å². The lowest BCUT2D eigenvalue weighted by Gasteiger charge is -2.35. The van der Waals surface area contributed by atoms with Gasteiger partial charge in [0.2, 0.25) is 0 Å². The molecule has 4 atom stereocenters. The van der Waals surface area contributed by atoms with E-state index in [0.717, 1.165) is 96.8 Å². The number of amides is 1. The standard InChI is InChI=1S/C38H41FN6O3/c1-4-29-32(39)14-10-24-7-5-8-30(34(24)29)25-9-13-31-33(19-25)41-36(42-35(31)44-20-26-11-12-27(21-44)40-26)48-23-38-16-6-18-45(38)28(15-17-38)22-47-37(46)43(2)3/h1,5,7-10,13-14,19,26-28,40H,6,11-12,15-18,20-23H2,2-3H3/t26-,27+,28-,38-/m1/s1. The highest BCUT2D eigenvalue weighted by Crippen LogP contribution is 2.43. The molecule has 0 unspecified atom stereocenters. The fourth-order valence-electron chi connectivity index (χ4n) is 8.56. The van der Waals surface area contributed by atoms with Crippen molar-refractivity contribution in [2.45, 2.75) is 62.2 Å². The van der Waals surface area contributed by atoms with E-state index in [1.807, 2.05) is 18.2 Å². The van der Waals surface area contributed by atoms with Crippen LogP contribution in [-0.2, 0) is 4.74 Å². The summed E-state index contributed by atoms with van der Waals surface area (Å²) in [6, 6.07) is 16.7. The van der Waals surface area contributed by atoms with Gasteiger partial charge in [-0.05, 0) is 79.8 Å². The van der Waals surface area contributed by atoms with Crippen LogP contribution in [0, 0.1) is 18.2 Å². The summed E-state index contributed by atoms with van der Waals surface area (Å²) < 4.78 is 27.0. The van der Waals surface area contributed by atoms with Crippen LogP contribution in [0.5, 0.6) is 6.01 Å². The molecule has 5 heterocycles. The van der Waals surface area contributed by atoms with Crippen LogP contribution >= 0.6 is 0 Å². The SMILES string of the molecule is C#Cc1c(F)ccc2cccc(-c3ccc4c(N5C[C@H]6CC[C@@H](C5)N6)nc(OC[C@]56CCCN5[C@@H](COC(=O)N(C)C)CC6)nc4c3)c12. The lowest BCUT2D eigenvalue weighted by atomic mass is 9.94. The summed E-state index contributed by atoms with van der Waals surface area (Å²) in [6.07, 6.45) is 11.8. The zero-order valence-corrected chi connectivity index (χ0v) is 27.5. The fourth-order valence-corrected chi connectivity index (χ4v) is 8.56. The summed E-state index contributed by atoms with van der Waals surface area (Å²) >= 11 is 0. The zero-order chi connectivity index (χ0) is 33.0. The monoisotopic (exact) mass is 648 g/mol. The van der Waals surface area contributed by atoms with Crippen molar-refractivity contribution in [3.05, 3.63) is 59.9 Å². The predicted molar refractivity (Wildman–Crippen MR) is 185 cm³/mol. The van der Waals surface area contributed by atoms with Crippen molar-refractivity contribution in [2.24, 2.45) is 0 Å². The van der Waals surface area contributed by atoms with Gasteiger partial charge in [-0.1, -0.05) is 36.3 Å². The number of piperazine rings is 1. The van der Waals surface area contributed by atoms with Crippen LogP contribution in [-0.4, -0.2) is 96.5 Å². The lowest BCUT2D eigenvalue weighted by Crippen LogP contribution is -2.51. The van der Waals surface area contributed by atoms with E-state index >= 15 is 0 Å². The third kappa shape index (κ3) is 5.39. The number of anilines is 1. The van der Waals surface area contributed by atoms with Crippen molar-refractivity contribution < 1.29 is 18.7 Å². The van der Waals surface area contributed by atoms with E-state index in [0.29, 0.717) is 31.3 Å². The minimum atomic E-state index is -0.405. The molecule has 4 aliphatic heterocycles. The third-order valence-electron chi connectivity index (χ3n) is 10.9. The Kier molecular flexibility index (Phi) is 7.85. The van der Waals surface area contributed by atoms with Gasteiger partial charge < -0.3 is 24.6 Å². The van der Waals surface area contributed by atoms with Crippen LogP contribution in [0.3, 0.4) is 0 Å². The van der Waals surface area contributed by atoms with Gasteiger partial charge in [0.15, 0.2) is 0 Å². The quantitative estimate of drug-likeness (QED) is 0.260. The van der Waals surface area contributed by atoms with Gasteiger partial charge in [-0.15, -0.1) is 6.42 Å². The number of benzene rings is 3. The molecule has 3 aromatic carbocycles. The third-order valence-corrected chi connectivity index (χ3v) is 10.9. The van der Waals surface area contributed by atoms with Gasteiger partial charge in [-0.2, -0.15) is 9.97 Å². The molecule has 2 bridgehead atoms. The topological polar surface area (TPSA) is 83.1 Å². The van der Waals surface area contributed by atoms with E-state index in [-0.39, 0.29) is 23.2 Å². The first kappa shape index (κ1) is 30.8. The Balaban J connectivity index is 1.14. The summed E-state index contributed by atoms with van der Waals surface area (Å²) in [6.45, 7) is 3.56. The van der Waals surface area contributed by atoms with E-state index in [2.05, 4.69) is 39.2 Å². The van der Waals surface area contributed by atoms with Crippen LogP contribution in [0.25, 0.3) is 32.8 Å². The van der Waals surface area contributed by atoms with E-state index in [1.54, 1.807) is 20.2 Å². The molecule has 4 aromatic rings. The smallest absolute Gasteiger partial charge is 0.409 e. The first-order valence-corrected chi connectivity index (χ1v) is 17.1. The number of aromatic nitrogens is 2. The number of hydrogen-bond acceptors (Lipinski definition) is 8. The molecule has 0 radical (unpaired) electrons. The molecule has 8 rings (SSSR count). The molecule has 48 heavy (non-hydrogen) atoms. The maximum atomic E-state index is 14.9. The molecule has 9 nitrogen and oxygen atoms in total. The van der Waals surface area contributed by atoms with Gasteiger partial charge in [0.1, 0.15) is 24.8 Å². The van der Waals surface area contributed by atoms with E-state index in [1.165, 1.54) is 11.0 Å². The van der Waals surface area contributed by atoms with E-state index in [4.69, 9.17) is 25.9 Å². The minimum absolute atomic E-state index is 0.137. The van der Waals surface area contributed by atoms with Crippen molar-refractivity contribution in [3.8, 4) is 29.5 Å². The van der Waals surface area contributed by atoms with Gasteiger partial charge >= 0.3 is 12.1 Å². The second kappa shape index (κ2) is 12.2. The molecule has 0 saturated carbocycles. The average molecular weight is 649 g/mol. The molecule has 0 aliphatic carbocycles. The van der Waals surface area contributed by atoms with Crippen LogP contribution < -0.4 is 15.0 Å². The number of nitrogens with zero attached hydrogens (tertiary/aromatic N) is 5. The molecule has 1 amide bonds. The molecule has 1 aromatic heterocycles. The maximum absolute atomic E-state index is 14.9. The Bertz CT molecular complexity index is 1930. The van der Waals surface area contributed by atoms with Crippen molar-refractivity contribution in [1.29, 1.82) is 0 Å². The zero-order valence-electron chi connectivity index (χ0n) is 27.5. The number of hydrogen-bond donors (Lipinski definition) is 1. The van der Waals surface area contributed by atoms with Crippen molar-refractivity contribution in [2.75, 3.05) is 51.8 Å². The highest BCUT2D eigenvalue weighted by atomic mass is 19.1.